The Hall–Kier alpha value is -2.87. The third-order valence-electron chi connectivity index (χ3n) is 2.86. The first-order valence-corrected chi connectivity index (χ1v) is 6.52. The van der Waals surface area contributed by atoms with E-state index in [1.807, 2.05) is 6.92 Å². The Morgan fingerprint density at radius 3 is 2.86 bits per heavy atom. The van der Waals surface area contributed by atoms with E-state index in [1.54, 1.807) is 18.2 Å². The van der Waals surface area contributed by atoms with Gasteiger partial charge < -0.3 is 9.84 Å². The molecular formula is C16H14N2O3. The van der Waals surface area contributed by atoms with Crippen LogP contribution in [0.1, 0.15) is 29.3 Å². The highest BCUT2D eigenvalue weighted by Crippen LogP contribution is 2.25. The molecule has 5 nitrogen and oxygen atoms in total. The van der Waals surface area contributed by atoms with Gasteiger partial charge in [0.1, 0.15) is 11.8 Å². The largest absolute Gasteiger partial charge is 0.492 e. The maximum Gasteiger partial charge on any atom is 0.335 e. The van der Waals surface area contributed by atoms with Crippen molar-refractivity contribution in [2.24, 2.45) is 0 Å². The quantitative estimate of drug-likeness (QED) is 0.911. The second kappa shape index (κ2) is 6.53. The molecule has 1 N–H and O–H groups in total. The van der Waals surface area contributed by atoms with Crippen molar-refractivity contribution >= 4 is 5.97 Å². The fourth-order valence-electron chi connectivity index (χ4n) is 1.84. The molecule has 0 fully saturated rings. The molecule has 0 spiro atoms. The summed E-state index contributed by atoms with van der Waals surface area (Å²) in [6, 6.07) is 10.1. The van der Waals surface area contributed by atoms with Crippen LogP contribution in [-0.2, 0) is 0 Å². The summed E-state index contributed by atoms with van der Waals surface area (Å²) < 4.78 is 5.49. The first kappa shape index (κ1) is 14.5. The third kappa shape index (κ3) is 3.37. The van der Waals surface area contributed by atoms with Gasteiger partial charge in [0, 0.05) is 11.8 Å². The van der Waals surface area contributed by atoms with Crippen LogP contribution in [0, 0.1) is 11.3 Å². The summed E-state index contributed by atoms with van der Waals surface area (Å²) in [7, 11) is 0. The zero-order valence-corrected chi connectivity index (χ0v) is 11.5. The lowest BCUT2D eigenvalue weighted by Gasteiger charge is -2.08. The number of hydrogen-bond acceptors (Lipinski definition) is 4. The van der Waals surface area contributed by atoms with Gasteiger partial charge in [0.25, 0.3) is 0 Å². The van der Waals surface area contributed by atoms with Crippen molar-refractivity contribution in [2.75, 3.05) is 6.61 Å². The fourth-order valence-corrected chi connectivity index (χ4v) is 1.84. The molecule has 0 saturated heterocycles. The molecule has 0 aliphatic heterocycles. The van der Waals surface area contributed by atoms with E-state index < -0.39 is 5.97 Å². The van der Waals surface area contributed by atoms with Crippen LogP contribution in [-0.4, -0.2) is 22.7 Å². The molecule has 0 aliphatic carbocycles. The SMILES string of the molecule is CCCOc1ccc(-c2cc(C(=O)O)ccn2)cc1C#N. The Labute approximate surface area is 122 Å². The Kier molecular flexibility index (Phi) is 4.52. The van der Waals surface area contributed by atoms with Crippen LogP contribution in [0.25, 0.3) is 11.3 Å². The highest BCUT2D eigenvalue weighted by Gasteiger charge is 2.09. The highest BCUT2D eigenvalue weighted by molar-refractivity contribution is 5.88. The summed E-state index contributed by atoms with van der Waals surface area (Å²) in [4.78, 5) is 15.1. The van der Waals surface area contributed by atoms with Crippen LogP contribution in [0.15, 0.2) is 36.5 Å². The van der Waals surface area contributed by atoms with Crippen LogP contribution in [0.4, 0.5) is 0 Å². The van der Waals surface area contributed by atoms with Gasteiger partial charge in [-0.2, -0.15) is 5.26 Å². The number of ether oxygens (including phenoxy) is 1. The van der Waals surface area contributed by atoms with Gasteiger partial charge in [-0.1, -0.05) is 6.92 Å². The van der Waals surface area contributed by atoms with Gasteiger partial charge in [-0.15, -0.1) is 0 Å². The number of aromatic nitrogens is 1. The maximum atomic E-state index is 11.0. The lowest BCUT2D eigenvalue weighted by Crippen LogP contribution is -1.99. The van der Waals surface area contributed by atoms with Gasteiger partial charge >= 0.3 is 5.97 Å². The Balaban J connectivity index is 2.39. The molecule has 2 rings (SSSR count). The number of nitrogens with zero attached hydrogens (tertiary/aromatic N) is 2. The molecule has 5 heteroatoms. The number of carboxylic acids is 1. The Bertz CT molecular complexity index is 705. The van der Waals surface area contributed by atoms with Gasteiger partial charge in [0.05, 0.1) is 23.4 Å². The molecular weight excluding hydrogens is 268 g/mol. The second-order valence-corrected chi connectivity index (χ2v) is 4.41. The van der Waals surface area contributed by atoms with Crippen molar-refractivity contribution in [1.82, 2.24) is 4.98 Å². The molecule has 0 saturated carbocycles. The van der Waals surface area contributed by atoms with E-state index in [4.69, 9.17) is 9.84 Å². The monoisotopic (exact) mass is 282 g/mol. The van der Waals surface area contributed by atoms with Crippen molar-refractivity contribution in [2.45, 2.75) is 13.3 Å². The van der Waals surface area contributed by atoms with Crippen molar-refractivity contribution in [1.29, 1.82) is 5.26 Å². The predicted molar refractivity (Wildman–Crippen MR) is 77.1 cm³/mol. The lowest BCUT2D eigenvalue weighted by molar-refractivity contribution is 0.0697. The zero-order chi connectivity index (χ0) is 15.2. The summed E-state index contributed by atoms with van der Waals surface area (Å²) >= 11 is 0. The number of rotatable bonds is 5. The number of carboxylic acid groups (broad SMARTS) is 1. The zero-order valence-electron chi connectivity index (χ0n) is 11.5. The Morgan fingerprint density at radius 1 is 1.38 bits per heavy atom. The van der Waals surface area contributed by atoms with Gasteiger partial charge in [-0.25, -0.2) is 4.79 Å². The summed E-state index contributed by atoms with van der Waals surface area (Å²) in [5.41, 5.74) is 1.75. The van der Waals surface area contributed by atoms with E-state index in [2.05, 4.69) is 11.1 Å². The molecule has 0 atom stereocenters. The van der Waals surface area contributed by atoms with Crippen LogP contribution in [0.2, 0.25) is 0 Å². The average Bonchev–Trinajstić information content (AvgIpc) is 2.52. The van der Waals surface area contributed by atoms with Crippen LogP contribution >= 0.6 is 0 Å². The minimum absolute atomic E-state index is 0.157. The van der Waals surface area contributed by atoms with Crippen LogP contribution < -0.4 is 4.74 Å². The molecule has 0 aliphatic rings. The third-order valence-corrected chi connectivity index (χ3v) is 2.86. The lowest BCUT2D eigenvalue weighted by atomic mass is 10.1. The van der Waals surface area contributed by atoms with E-state index in [0.29, 0.717) is 29.2 Å². The van der Waals surface area contributed by atoms with Gasteiger partial charge in [0.2, 0.25) is 0 Å². The summed E-state index contributed by atoms with van der Waals surface area (Å²) in [6.45, 7) is 2.53. The molecule has 106 valence electrons. The van der Waals surface area contributed by atoms with Crippen LogP contribution in [0.5, 0.6) is 5.75 Å². The summed E-state index contributed by atoms with van der Waals surface area (Å²) in [5, 5.41) is 18.2. The van der Waals surface area contributed by atoms with Crippen molar-refractivity contribution in [3.63, 3.8) is 0 Å². The maximum absolute atomic E-state index is 11.0. The van der Waals surface area contributed by atoms with Crippen molar-refractivity contribution in [3.8, 4) is 23.1 Å². The number of nitriles is 1. The Morgan fingerprint density at radius 2 is 2.19 bits per heavy atom. The molecule has 0 radical (unpaired) electrons. The first-order valence-electron chi connectivity index (χ1n) is 6.52. The van der Waals surface area contributed by atoms with Crippen molar-refractivity contribution < 1.29 is 14.6 Å². The topological polar surface area (TPSA) is 83.2 Å². The van der Waals surface area contributed by atoms with Gasteiger partial charge in [0.15, 0.2) is 0 Å². The van der Waals surface area contributed by atoms with E-state index in [-0.39, 0.29) is 5.56 Å². The minimum atomic E-state index is -1.01. The van der Waals surface area contributed by atoms with E-state index in [9.17, 15) is 10.1 Å². The fraction of sp³-hybridized carbons (Fsp3) is 0.188. The van der Waals surface area contributed by atoms with Gasteiger partial charge in [-0.3, -0.25) is 4.98 Å². The number of hydrogen-bond donors (Lipinski definition) is 1. The minimum Gasteiger partial charge on any atom is -0.492 e. The van der Waals surface area contributed by atoms with E-state index >= 15 is 0 Å². The molecule has 2 aromatic rings. The number of benzene rings is 1. The standard InChI is InChI=1S/C16H14N2O3/c1-2-7-21-15-4-3-11(8-13(15)10-17)14-9-12(16(19)20)5-6-18-14/h3-6,8-9H,2,7H2,1H3,(H,19,20). The molecule has 1 heterocycles. The van der Waals surface area contributed by atoms with Crippen molar-refractivity contribution in [3.05, 3.63) is 47.7 Å². The molecule has 0 amide bonds. The molecule has 1 aromatic carbocycles. The first-order chi connectivity index (χ1) is 10.2. The molecule has 0 unspecified atom stereocenters. The average molecular weight is 282 g/mol. The van der Waals surface area contributed by atoms with Gasteiger partial charge in [-0.05, 0) is 36.8 Å². The normalized spacial score (nSPS) is 9.90. The molecule has 0 bridgehead atoms. The van der Waals surface area contributed by atoms with E-state index in [0.717, 1.165) is 6.42 Å². The number of pyridine rings is 1. The highest BCUT2D eigenvalue weighted by atomic mass is 16.5. The second-order valence-electron chi connectivity index (χ2n) is 4.41. The number of aromatic carboxylic acids is 1. The predicted octanol–water partition coefficient (Wildman–Crippen LogP) is 3.11. The smallest absolute Gasteiger partial charge is 0.335 e. The van der Waals surface area contributed by atoms with E-state index in [1.165, 1.54) is 18.3 Å². The molecule has 21 heavy (non-hydrogen) atoms. The summed E-state index contributed by atoms with van der Waals surface area (Å²) in [6.07, 6.45) is 2.29. The van der Waals surface area contributed by atoms with Crippen LogP contribution in [0.3, 0.4) is 0 Å². The summed E-state index contributed by atoms with van der Waals surface area (Å²) in [5.74, 6) is -0.487. The molecule has 1 aromatic heterocycles. The number of carbonyl (C=O) groups is 1.